The first kappa shape index (κ1) is 20.5. The van der Waals surface area contributed by atoms with Crippen LogP contribution in [0.25, 0.3) is 0 Å². The lowest BCUT2D eigenvalue weighted by Crippen LogP contribution is -2.56. The molecule has 6 heteroatoms. The Hall–Kier alpha value is -1.73. The summed E-state index contributed by atoms with van der Waals surface area (Å²) in [6.07, 6.45) is 3.05. The van der Waals surface area contributed by atoms with Gasteiger partial charge in [-0.05, 0) is 30.9 Å². The first-order chi connectivity index (χ1) is 14.1. The number of hydrogen-bond acceptors (Lipinski definition) is 3. The van der Waals surface area contributed by atoms with Crippen LogP contribution in [-0.4, -0.2) is 60.7 Å². The van der Waals surface area contributed by atoms with E-state index < -0.39 is 10.2 Å². The Morgan fingerprint density at radius 3 is 1.86 bits per heavy atom. The van der Waals surface area contributed by atoms with Crippen molar-refractivity contribution in [1.82, 2.24) is 13.5 Å². The molecule has 2 aromatic carbocycles. The van der Waals surface area contributed by atoms with E-state index in [2.05, 4.69) is 53.4 Å². The lowest BCUT2D eigenvalue weighted by atomic mass is 9.96. The van der Waals surface area contributed by atoms with Crippen LogP contribution in [0.5, 0.6) is 0 Å². The molecule has 0 bridgehead atoms. The van der Waals surface area contributed by atoms with Crippen molar-refractivity contribution in [3.63, 3.8) is 0 Å². The number of nitrogens with zero attached hydrogens (tertiary/aromatic N) is 3. The standard InChI is InChI=1S/C23H31N3O2S/c1-20-10-8-9-15-26(20)29(27,28)25-18-16-24(17-19-25)23(21-11-4-2-5-12-21)22-13-6-3-7-14-22/h2-7,11-14,20,23H,8-10,15-19H2,1H3/t20-/m0/s1. The highest BCUT2D eigenvalue weighted by Crippen LogP contribution is 2.30. The lowest BCUT2D eigenvalue weighted by molar-refractivity contribution is 0.145. The molecular formula is C23H31N3O2S. The second kappa shape index (κ2) is 8.96. The van der Waals surface area contributed by atoms with Crippen molar-refractivity contribution in [1.29, 1.82) is 0 Å². The van der Waals surface area contributed by atoms with Gasteiger partial charge in [0.25, 0.3) is 10.2 Å². The molecule has 2 aliphatic rings. The number of hydrogen-bond donors (Lipinski definition) is 0. The number of piperazine rings is 1. The minimum absolute atomic E-state index is 0.105. The Labute approximate surface area is 175 Å². The van der Waals surface area contributed by atoms with Gasteiger partial charge in [0.1, 0.15) is 0 Å². The molecule has 0 unspecified atom stereocenters. The molecule has 2 aliphatic heterocycles. The summed E-state index contributed by atoms with van der Waals surface area (Å²) in [5.74, 6) is 0. The molecular weight excluding hydrogens is 382 g/mol. The summed E-state index contributed by atoms with van der Waals surface area (Å²) in [5, 5.41) is 0. The van der Waals surface area contributed by atoms with Gasteiger partial charge in [-0.2, -0.15) is 17.0 Å². The molecule has 0 saturated carbocycles. The molecule has 2 saturated heterocycles. The van der Waals surface area contributed by atoms with Crippen molar-refractivity contribution in [3.8, 4) is 0 Å². The van der Waals surface area contributed by atoms with Crippen LogP contribution in [0.1, 0.15) is 43.4 Å². The topological polar surface area (TPSA) is 43.9 Å². The van der Waals surface area contributed by atoms with Crippen molar-refractivity contribution in [2.75, 3.05) is 32.7 Å². The van der Waals surface area contributed by atoms with Gasteiger partial charge in [-0.1, -0.05) is 67.1 Å². The summed E-state index contributed by atoms with van der Waals surface area (Å²) in [6.45, 7) is 5.24. The van der Waals surface area contributed by atoms with Gasteiger partial charge in [-0.15, -0.1) is 0 Å². The van der Waals surface area contributed by atoms with Crippen LogP contribution < -0.4 is 0 Å². The average molecular weight is 414 g/mol. The fraction of sp³-hybridized carbons (Fsp3) is 0.478. The molecule has 2 aromatic rings. The van der Waals surface area contributed by atoms with Crippen LogP contribution in [0.2, 0.25) is 0 Å². The van der Waals surface area contributed by atoms with E-state index in [4.69, 9.17) is 0 Å². The average Bonchev–Trinajstić information content (AvgIpc) is 2.76. The Morgan fingerprint density at radius 2 is 1.34 bits per heavy atom. The minimum atomic E-state index is -3.37. The zero-order valence-electron chi connectivity index (χ0n) is 17.2. The SMILES string of the molecule is C[C@H]1CCCCN1S(=O)(=O)N1CCN(C(c2ccccc2)c2ccccc2)CC1. The third-order valence-corrected chi connectivity index (χ3v) is 8.39. The predicted octanol–water partition coefficient (Wildman–Crippen LogP) is 3.51. The Balaban J connectivity index is 1.51. The Kier molecular flexibility index (Phi) is 6.35. The van der Waals surface area contributed by atoms with E-state index in [9.17, 15) is 8.42 Å². The largest absolute Gasteiger partial charge is 0.290 e. The molecule has 2 fully saturated rings. The monoisotopic (exact) mass is 413 g/mol. The Morgan fingerprint density at radius 1 is 0.793 bits per heavy atom. The van der Waals surface area contributed by atoms with E-state index in [0.717, 1.165) is 32.4 Å². The molecule has 4 rings (SSSR count). The fourth-order valence-corrected chi connectivity index (χ4v) is 6.48. The van der Waals surface area contributed by atoms with Crippen LogP contribution in [0, 0.1) is 0 Å². The molecule has 156 valence electrons. The molecule has 0 aromatic heterocycles. The minimum Gasteiger partial charge on any atom is -0.290 e. The van der Waals surface area contributed by atoms with E-state index in [0.29, 0.717) is 19.6 Å². The third kappa shape index (κ3) is 4.40. The first-order valence-corrected chi connectivity index (χ1v) is 12.1. The van der Waals surface area contributed by atoms with Gasteiger partial charge >= 0.3 is 0 Å². The third-order valence-electron chi connectivity index (χ3n) is 6.23. The Bertz CT molecular complexity index is 841. The van der Waals surface area contributed by atoms with E-state index in [-0.39, 0.29) is 12.1 Å². The van der Waals surface area contributed by atoms with Gasteiger partial charge < -0.3 is 0 Å². The molecule has 1 atom stereocenters. The van der Waals surface area contributed by atoms with Crippen molar-refractivity contribution >= 4 is 10.2 Å². The van der Waals surface area contributed by atoms with Crippen molar-refractivity contribution < 1.29 is 8.42 Å². The zero-order chi connectivity index (χ0) is 20.3. The summed E-state index contributed by atoms with van der Waals surface area (Å²) in [4.78, 5) is 2.41. The molecule has 29 heavy (non-hydrogen) atoms. The highest BCUT2D eigenvalue weighted by atomic mass is 32.2. The summed E-state index contributed by atoms with van der Waals surface area (Å²) in [5.41, 5.74) is 2.50. The van der Waals surface area contributed by atoms with Gasteiger partial charge in [0.05, 0.1) is 6.04 Å². The van der Waals surface area contributed by atoms with Gasteiger partial charge in [0.2, 0.25) is 0 Å². The molecule has 0 radical (unpaired) electrons. The summed E-state index contributed by atoms with van der Waals surface area (Å²) >= 11 is 0. The van der Waals surface area contributed by atoms with E-state index in [1.54, 1.807) is 8.61 Å². The fourth-order valence-electron chi connectivity index (χ4n) is 4.64. The highest BCUT2D eigenvalue weighted by molar-refractivity contribution is 7.86. The molecule has 0 amide bonds. The van der Waals surface area contributed by atoms with Crippen LogP contribution in [0.15, 0.2) is 60.7 Å². The molecule has 2 heterocycles. The number of benzene rings is 2. The first-order valence-electron chi connectivity index (χ1n) is 10.7. The van der Waals surface area contributed by atoms with Gasteiger partial charge in [-0.3, -0.25) is 4.90 Å². The van der Waals surface area contributed by atoms with Crippen molar-refractivity contribution in [2.45, 2.75) is 38.3 Å². The van der Waals surface area contributed by atoms with Crippen LogP contribution in [-0.2, 0) is 10.2 Å². The van der Waals surface area contributed by atoms with Crippen molar-refractivity contribution in [2.24, 2.45) is 0 Å². The zero-order valence-corrected chi connectivity index (χ0v) is 18.0. The highest BCUT2D eigenvalue weighted by Gasteiger charge is 2.37. The second-order valence-electron chi connectivity index (χ2n) is 8.12. The normalized spacial score (nSPS) is 22.8. The quantitative estimate of drug-likeness (QED) is 0.753. The lowest BCUT2D eigenvalue weighted by Gasteiger charge is -2.42. The van der Waals surface area contributed by atoms with Gasteiger partial charge in [-0.25, -0.2) is 0 Å². The van der Waals surface area contributed by atoms with Crippen LogP contribution in [0.4, 0.5) is 0 Å². The van der Waals surface area contributed by atoms with E-state index in [1.807, 2.05) is 19.1 Å². The summed E-state index contributed by atoms with van der Waals surface area (Å²) < 4.78 is 29.8. The number of piperidine rings is 1. The summed E-state index contributed by atoms with van der Waals surface area (Å²) in [7, 11) is -3.37. The molecule has 0 N–H and O–H groups in total. The maximum atomic E-state index is 13.2. The maximum Gasteiger partial charge on any atom is 0.282 e. The number of rotatable bonds is 5. The maximum absolute atomic E-state index is 13.2. The summed E-state index contributed by atoms with van der Waals surface area (Å²) in [6, 6.07) is 21.3. The van der Waals surface area contributed by atoms with E-state index in [1.165, 1.54) is 11.1 Å². The molecule has 0 aliphatic carbocycles. The van der Waals surface area contributed by atoms with Gasteiger partial charge in [0, 0.05) is 38.8 Å². The second-order valence-corrected chi connectivity index (χ2v) is 10.0. The van der Waals surface area contributed by atoms with Gasteiger partial charge in [0.15, 0.2) is 0 Å². The molecule has 5 nitrogen and oxygen atoms in total. The van der Waals surface area contributed by atoms with Crippen molar-refractivity contribution in [3.05, 3.63) is 71.8 Å². The van der Waals surface area contributed by atoms with E-state index >= 15 is 0 Å². The van der Waals surface area contributed by atoms with Crippen LogP contribution >= 0.6 is 0 Å². The molecule has 0 spiro atoms. The predicted molar refractivity (Wildman–Crippen MR) is 117 cm³/mol. The smallest absolute Gasteiger partial charge is 0.282 e. The van der Waals surface area contributed by atoms with Crippen LogP contribution in [0.3, 0.4) is 0 Å².